The van der Waals surface area contributed by atoms with E-state index < -0.39 is 17.2 Å². The van der Waals surface area contributed by atoms with Crippen molar-refractivity contribution in [3.8, 4) is 11.5 Å². The van der Waals surface area contributed by atoms with Crippen LogP contribution in [0.1, 0.15) is 25.0 Å². The van der Waals surface area contributed by atoms with Gasteiger partial charge in [0, 0.05) is 0 Å². The van der Waals surface area contributed by atoms with Gasteiger partial charge in [-0.1, -0.05) is 38.1 Å². The first-order chi connectivity index (χ1) is 11.4. The van der Waals surface area contributed by atoms with Crippen molar-refractivity contribution in [2.45, 2.75) is 26.7 Å². The molecule has 0 aliphatic rings. The van der Waals surface area contributed by atoms with Crippen molar-refractivity contribution in [2.75, 3.05) is 0 Å². The highest BCUT2D eigenvalue weighted by Crippen LogP contribution is 2.29. The summed E-state index contributed by atoms with van der Waals surface area (Å²) in [6.45, 7) is 4.11. The maximum Gasteiger partial charge on any atom is 0.391 e. The summed E-state index contributed by atoms with van der Waals surface area (Å²) in [5.41, 5.74) is 2.39. The quantitative estimate of drug-likeness (QED) is 0.578. The van der Waals surface area contributed by atoms with Gasteiger partial charge >= 0.3 is 17.2 Å². The van der Waals surface area contributed by atoms with E-state index in [0.717, 1.165) is 12.8 Å². The summed E-state index contributed by atoms with van der Waals surface area (Å²) in [7, 11) is -4.58. The van der Waals surface area contributed by atoms with Crippen molar-refractivity contribution in [1.29, 1.82) is 0 Å². The van der Waals surface area contributed by atoms with Gasteiger partial charge in [-0.15, -0.1) is 0 Å². The van der Waals surface area contributed by atoms with E-state index in [4.69, 9.17) is 19.6 Å². The van der Waals surface area contributed by atoms with E-state index in [1.807, 2.05) is 24.3 Å². The van der Waals surface area contributed by atoms with Crippen LogP contribution in [0.25, 0.3) is 0 Å². The van der Waals surface area contributed by atoms with Gasteiger partial charge in [0.15, 0.2) is 0 Å². The second kappa shape index (κ2) is 11.3. The molecule has 0 unspecified atom stereocenters. The number of aryl methyl sites for hydroxylation is 2. The smallest absolute Gasteiger partial charge is 0.391 e. The first-order valence-corrected chi connectivity index (χ1v) is 9.67. The van der Waals surface area contributed by atoms with Crippen LogP contribution < -0.4 is 9.05 Å². The molecule has 24 heavy (non-hydrogen) atoms. The van der Waals surface area contributed by atoms with Crippen LogP contribution >= 0.6 is 17.2 Å². The zero-order chi connectivity index (χ0) is 17.9. The average Bonchev–Trinajstić information content (AvgIpc) is 2.56. The molecule has 0 spiro atoms. The minimum atomic E-state index is -2.29. The number of rotatable bonds is 6. The summed E-state index contributed by atoms with van der Waals surface area (Å²) in [4.78, 5) is 34.1. The molecule has 0 fully saturated rings. The average molecular weight is 372 g/mol. The topological polar surface area (TPSA) is 99.4 Å². The van der Waals surface area contributed by atoms with Gasteiger partial charge in [-0.25, -0.2) is 0 Å². The van der Waals surface area contributed by atoms with Crippen molar-refractivity contribution < 1.29 is 28.6 Å². The summed E-state index contributed by atoms with van der Waals surface area (Å²) in [5.74, 6) is 0.978. The van der Waals surface area contributed by atoms with Crippen LogP contribution in [0.5, 0.6) is 11.5 Å². The Labute approximate surface area is 144 Å². The van der Waals surface area contributed by atoms with Crippen molar-refractivity contribution in [2.24, 2.45) is 0 Å². The Kier molecular flexibility index (Phi) is 9.80. The van der Waals surface area contributed by atoms with E-state index in [0.29, 0.717) is 11.5 Å². The van der Waals surface area contributed by atoms with E-state index in [1.54, 1.807) is 24.3 Å². The monoisotopic (exact) mass is 372 g/mol. The highest BCUT2D eigenvalue weighted by atomic mass is 31.2. The minimum absolute atomic E-state index is 0.489. The van der Waals surface area contributed by atoms with Crippen LogP contribution in [0.4, 0.5) is 0 Å². The van der Waals surface area contributed by atoms with Gasteiger partial charge in [-0.05, 0) is 48.2 Å². The maximum absolute atomic E-state index is 8.53. The zero-order valence-corrected chi connectivity index (χ0v) is 15.3. The Morgan fingerprint density at radius 1 is 0.625 bits per heavy atom. The lowest BCUT2D eigenvalue weighted by atomic mass is 10.2. The SMILES string of the molecule is CCc1ccc(OP(O)O)cc1.CCc1ccc(OP(O)O)cc1. The molecule has 0 bridgehead atoms. The lowest BCUT2D eigenvalue weighted by Gasteiger charge is -2.05. The third kappa shape index (κ3) is 8.55. The van der Waals surface area contributed by atoms with Crippen molar-refractivity contribution in [3.05, 3.63) is 59.7 Å². The molecule has 4 N–H and O–H groups in total. The van der Waals surface area contributed by atoms with Crippen LogP contribution in [0.3, 0.4) is 0 Å². The third-order valence-electron chi connectivity index (χ3n) is 3.04. The Morgan fingerprint density at radius 2 is 0.917 bits per heavy atom. The van der Waals surface area contributed by atoms with Crippen molar-refractivity contribution >= 4 is 17.2 Å². The van der Waals surface area contributed by atoms with Crippen molar-refractivity contribution in [3.63, 3.8) is 0 Å². The molecule has 132 valence electrons. The van der Waals surface area contributed by atoms with E-state index >= 15 is 0 Å². The molecule has 0 heterocycles. The Morgan fingerprint density at radius 3 is 1.12 bits per heavy atom. The largest absolute Gasteiger partial charge is 0.427 e. The van der Waals surface area contributed by atoms with Crippen LogP contribution in [0, 0.1) is 0 Å². The predicted octanol–water partition coefficient (Wildman–Crippen LogP) is 3.68. The molecule has 0 radical (unpaired) electrons. The number of hydrogen-bond donors (Lipinski definition) is 4. The minimum Gasteiger partial charge on any atom is -0.427 e. The van der Waals surface area contributed by atoms with Gasteiger partial charge in [0.2, 0.25) is 0 Å². The first kappa shape index (κ1) is 20.8. The molecule has 8 heteroatoms. The second-order valence-electron chi connectivity index (χ2n) is 4.68. The summed E-state index contributed by atoms with van der Waals surface area (Å²) in [6.07, 6.45) is 1.93. The van der Waals surface area contributed by atoms with Crippen LogP contribution in [-0.4, -0.2) is 19.6 Å². The second-order valence-corrected chi connectivity index (χ2v) is 6.06. The molecule has 6 nitrogen and oxygen atoms in total. The third-order valence-corrected chi connectivity index (χ3v) is 3.79. The van der Waals surface area contributed by atoms with Gasteiger partial charge < -0.3 is 28.6 Å². The van der Waals surface area contributed by atoms with Gasteiger partial charge in [0.05, 0.1) is 0 Å². The summed E-state index contributed by atoms with van der Waals surface area (Å²) < 4.78 is 9.38. The zero-order valence-electron chi connectivity index (χ0n) is 13.5. The summed E-state index contributed by atoms with van der Waals surface area (Å²) >= 11 is 0. The van der Waals surface area contributed by atoms with E-state index in [-0.39, 0.29) is 0 Å². The molecular weight excluding hydrogens is 350 g/mol. The normalized spacial score (nSPS) is 10.3. The van der Waals surface area contributed by atoms with Crippen LogP contribution in [-0.2, 0) is 12.8 Å². The number of benzene rings is 2. The van der Waals surface area contributed by atoms with Crippen molar-refractivity contribution in [1.82, 2.24) is 0 Å². The molecule has 2 aromatic carbocycles. The fourth-order valence-corrected chi connectivity index (χ4v) is 2.38. The Bertz CT molecular complexity index is 519. The molecule has 2 aromatic rings. The Hall–Kier alpha value is -1.26. The predicted molar refractivity (Wildman–Crippen MR) is 95.6 cm³/mol. The van der Waals surface area contributed by atoms with Crippen LogP contribution in [0.15, 0.2) is 48.5 Å². The van der Waals surface area contributed by atoms with E-state index in [9.17, 15) is 0 Å². The molecule has 0 saturated carbocycles. The van der Waals surface area contributed by atoms with E-state index in [2.05, 4.69) is 22.9 Å². The molecule has 0 amide bonds. The molecule has 0 saturated heterocycles. The summed E-state index contributed by atoms with van der Waals surface area (Å²) in [5, 5.41) is 0. The molecule has 2 rings (SSSR count). The molecule has 0 aliphatic heterocycles. The number of hydrogen-bond acceptors (Lipinski definition) is 6. The Balaban J connectivity index is 0.000000240. The molecule has 0 atom stereocenters. The lowest BCUT2D eigenvalue weighted by molar-refractivity contribution is 0.373. The molecule has 0 aromatic heterocycles. The maximum atomic E-state index is 8.53. The molecular formula is C16H22O6P2. The van der Waals surface area contributed by atoms with E-state index in [1.165, 1.54) is 11.1 Å². The fourth-order valence-electron chi connectivity index (χ4n) is 1.76. The molecule has 0 aliphatic carbocycles. The van der Waals surface area contributed by atoms with Crippen LogP contribution in [0.2, 0.25) is 0 Å². The lowest BCUT2D eigenvalue weighted by Crippen LogP contribution is -1.85. The van der Waals surface area contributed by atoms with Gasteiger partial charge in [0.25, 0.3) is 0 Å². The highest BCUT2D eigenvalue weighted by molar-refractivity contribution is 7.40. The highest BCUT2D eigenvalue weighted by Gasteiger charge is 2.01. The first-order valence-electron chi connectivity index (χ1n) is 7.34. The van der Waals surface area contributed by atoms with Gasteiger partial charge in [0.1, 0.15) is 11.5 Å². The summed E-state index contributed by atoms with van der Waals surface area (Å²) in [6, 6.07) is 14.5. The standard InChI is InChI=1S/2C8H11O3P/c2*1-2-7-3-5-8(6-4-7)11-12(9)10/h2*3-6,9-10H,2H2,1H3. The van der Waals surface area contributed by atoms with Gasteiger partial charge in [-0.2, -0.15) is 0 Å². The van der Waals surface area contributed by atoms with Gasteiger partial charge in [-0.3, -0.25) is 0 Å². The fraction of sp³-hybridized carbons (Fsp3) is 0.250.